The van der Waals surface area contributed by atoms with Crippen molar-refractivity contribution in [2.24, 2.45) is 0 Å². The van der Waals surface area contributed by atoms with Gasteiger partial charge in [-0.25, -0.2) is 0 Å². The summed E-state index contributed by atoms with van der Waals surface area (Å²) in [5.41, 5.74) is 2.43. The molecule has 0 heterocycles. The van der Waals surface area contributed by atoms with Crippen molar-refractivity contribution in [1.29, 1.82) is 0 Å². The predicted molar refractivity (Wildman–Crippen MR) is 65.9 cm³/mol. The molecule has 0 spiro atoms. The molecule has 0 aromatic heterocycles. The van der Waals surface area contributed by atoms with Crippen LogP contribution in [-0.2, 0) is 17.6 Å². The van der Waals surface area contributed by atoms with E-state index >= 15 is 0 Å². The summed E-state index contributed by atoms with van der Waals surface area (Å²) >= 11 is 0. The number of halogens is 1. The van der Waals surface area contributed by atoms with Crippen molar-refractivity contribution in [3.8, 4) is 0 Å². The third-order valence-electron chi connectivity index (χ3n) is 2.78. The molecule has 0 aliphatic rings. The molecule has 0 aliphatic heterocycles. The number of alkyl halides is 1. The molecule has 1 aromatic rings. The van der Waals surface area contributed by atoms with Crippen LogP contribution in [0.25, 0.3) is 0 Å². The molecule has 3 heteroatoms. The maximum atomic E-state index is 12.0. The van der Waals surface area contributed by atoms with Crippen molar-refractivity contribution >= 4 is 5.97 Å². The minimum atomic E-state index is -0.750. The fourth-order valence-electron chi connectivity index (χ4n) is 1.89. The van der Waals surface area contributed by atoms with E-state index in [2.05, 4.69) is 0 Å². The fourth-order valence-corrected chi connectivity index (χ4v) is 1.89. The second-order valence-electron chi connectivity index (χ2n) is 4.16. The van der Waals surface area contributed by atoms with Crippen LogP contribution in [0, 0.1) is 0 Å². The van der Waals surface area contributed by atoms with Crippen molar-refractivity contribution in [2.45, 2.75) is 38.5 Å². The number of hydrogen-bond donors (Lipinski definition) is 1. The number of carbonyl (C=O) groups is 1. The zero-order valence-corrected chi connectivity index (χ0v) is 9.99. The normalized spacial score (nSPS) is 10.4. The fraction of sp³-hybridized carbons (Fsp3) is 0.500. The second-order valence-corrected chi connectivity index (χ2v) is 4.16. The largest absolute Gasteiger partial charge is 0.481 e. The third kappa shape index (κ3) is 5.48. The molecule has 0 fully saturated rings. The lowest BCUT2D eigenvalue weighted by molar-refractivity contribution is -0.137. The Labute approximate surface area is 101 Å². The first-order chi connectivity index (χ1) is 8.24. The molecule has 0 atom stereocenters. The Morgan fingerprint density at radius 2 is 1.65 bits per heavy atom. The van der Waals surface area contributed by atoms with Crippen LogP contribution in [0.15, 0.2) is 24.3 Å². The number of carboxylic acid groups (broad SMARTS) is 1. The number of unbranched alkanes of at least 4 members (excludes halogenated alkanes) is 1. The van der Waals surface area contributed by atoms with Gasteiger partial charge in [-0.3, -0.25) is 9.18 Å². The molecule has 0 aliphatic carbocycles. The van der Waals surface area contributed by atoms with Gasteiger partial charge in [0.1, 0.15) is 0 Å². The molecule has 0 amide bonds. The van der Waals surface area contributed by atoms with Gasteiger partial charge < -0.3 is 5.11 Å². The molecule has 1 N–H and O–H groups in total. The molecule has 1 aromatic carbocycles. The standard InChI is InChI=1S/C14H19FO2/c15-11-4-3-8-12-6-1-2-7-13(12)9-5-10-14(16)17/h1-2,6-7H,3-5,8-11H2,(H,16,17). The number of hydrogen-bond acceptors (Lipinski definition) is 1. The van der Waals surface area contributed by atoms with Crippen LogP contribution in [0.3, 0.4) is 0 Å². The molecule has 0 saturated carbocycles. The summed E-state index contributed by atoms with van der Waals surface area (Å²) in [4.78, 5) is 10.4. The maximum absolute atomic E-state index is 12.0. The molecule has 0 unspecified atom stereocenters. The summed E-state index contributed by atoms with van der Waals surface area (Å²) in [6.07, 6.45) is 4.00. The number of aliphatic carboxylic acids is 1. The van der Waals surface area contributed by atoms with Gasteiger partial charge in [0, 0.05) is 6.42 Å². The van der Waals surface area contributed by atoms with Gasteiger partial charge in [-0.2, -0.15) is 0 Å². The SMILES string of the molecule is O=C(O)CCCc1ccccc1CCCCF. The molecule has 17 heavy (non-hydrogen) atoms. The molecular formula is C14H19FO2. The van der Waals surface area contributed by atoms with Gasteiger partial charge in [0.05, 0.1) is 6.67 Å². The van der Waals surface area contributed by atoms with Crippen molar-refractivity contribution in [3.05, 3.63) is 35.4 Å². The highest BCUT2D eigenvalue weighted by molar-refractivity contribution is 5.66. The van der Waals surface area contributed by atoms with Crippen LogP contribution >= 0.6 is 0 Å². The average molecular weight is 238 g/mol. The van der Waals surface area contributed by atoms with Gasteiger partial charge >= 0.3 is 5.97 Å². The minimum absolute atomic E-state index is 0.207. The van der Waals surface area contributed by atoms with Crippen molar-refractivity contribution in [3.63, 3.8) is 0 Å². The Morgan fingerprint density at radius 1 is 1.06 bits per heavy atom. The lowest BCUT2D eigenvalue weighted by Gasteiger charge is -2.08. The van der Waals surface area contributed by atoms with E-state index in [0.29, 0.717) is 12.8 Å². The zero-order chi connectivity index (χ0) is 12.5. The first-order valence-electron chi connectivity index (χ1n) is 6.08. The number of carboxylic acids is 1. The number of rotatable bonds is 8. The lowest BCUT2D eigenvalue weighted by atomic mass is 9.98. The van der Waals surface area contributed by atoms with Gasteiger partial charge in [0.25, 0.3) is 0 Å². The van der Waals surface area contributed by atoms with E-state index in [1.165, 1.54) is 11.1 Å². The van der Waals surface area contributed by atoms with E-state index in [4.69, 9.17) is 5.11 Å². The van der Waals surface area contributed by atoms with Crippen molar-refractivity contribution in [2.75, 3.05) is 6.67 Å². The topological polar surface area (TPSA) is 37.3 Å². The molecule has 0 saturated heterocycles. The molecule has 2 nitrogen and oxygen atoms in total. The summed E-state index contributed by atoms with van der Waals surface area (Å²) in [6, 6.07) is 8.03. The van der Waals surface area contributed by atoms with E-state index in [1.54, 1.807) is 0 Å². The smallest absolute Gasteiger partial charge is 0.303 e. The summed E-state index contributed by atoms with van der Waals surface area (Å²) in [7, 11) is 0. The number of aryl methyl sites for hydroxylation is 2. The molecule has 94 valence electrons. The van der Waals surface area contributed by atoms with Crippen LogP contribution in [-0.4, -0.2) is 17.8 Å². The summed E-state index contributed by atoms with van der Waals surface area (Å²) in [5, 5.41) is 8.59. The zero-order valence-electron chi connectivity index (χ0n) is 9.99. The Kier molecular flexibility index (Phi) is 6.30. The second kappa shape index (κ2) is 7.82. The van der Waals surface area contributed by atoms with E-state index in [-0.39, 0.29) is 13.1 Å². The Morgan fingerprint density at radius 3 is 2.18 bits per heavy atom. The highest BCUT2D eigenvalue weighted by atomic mass is 19.1. The lowest BCUT2D eigenvalue weighted by Crippen LogP contribution is -1.99. The summed E-state index contributed by atoms with van der Waals surface area (Å²) in [5.74, 6) is -0.750. The first-order valence-corrected chi connectivity index (χ1v) is 6.08. The summed E-state index contributed by atoms with van der Waals surface area (Å²) < 4.78 is 12.0. The van der Waals surface area contributed by atoms with Crippen LogP contribution in [0.5, 0.6) is 0 Å². The molecular weight excluding hydrogens is 219 g/mol. The molecule has 0 radical (unpaired) electrons. The third-order valence-corrected chi connectivity index (χ3v) is 2.78. The van der Waals surface area contributed by atoms with E-state index < -0.39 is 5.97 Å². The van der Waals surface area contributed by atoms with Crippen molar-refractivity contribution < 1.29 is 14.3 Å². The average Bonchev–Trinajstić information content (AvgIpc) is 2.31. The number of benzene rings is 1. The van der Waals surface area contributed by atoms with Crippen molar-refractivity contribution in [1.82, 2.24) is 0 Å². The van der Waals surface area contributed by atoms with Gasteiger partial charge in [-0.1, -0.05) is 24.3 Å². The van der Waals surface area contributed by atoms with Gasteiger partial charge in [-0.05, 0) is 43.2 Å². The predicted octanol–water partition coefficient (Wildman–Crippen LogP) is 3.39. The summed E-state index contributed by atoms with van der Waals surface area (Å²) in [6.45, 7) is -0.263. The van der Waals surface area contributed by atoms with Crippen LogP contribution in [0.1, 0.15) is 36.8 Å². The Hall–Kier alpha value is -1.38. The maximum Gasteiger partial charge on any atom is 0.303 e. The quantitative estimate of drug-likeness (QED) is 0.705. The Balaban J connectivity index is 2.48. The van der Waals surface area contributed by atoms with Crippen LogP contribution in [0.2, 0.25) is 0 Å². The van der Waals surface area contributed by atoms with Gasteiger partial charge in [0.15, 0.2) is 0 Å². The highest BCUT2D eigenvalue weighted by Crippen LogP contribution is 2.15. The molecule has 0 bridgehead atoms. The first kappa shape index (κ1) is 13.7. The van der Waals surface area contributed by atoms with E-state index in [9.17, 15) is 9.18 Å². The molecule has 1 rings (SSSR count). The van der Waals surface area contributed by atoms with Gasteiger partial charge in [-0.15, -0.1) is 0 Å². The van der Waals surface area contributed by atoms with E-state index in [0.717, 1.165) is 19.3 Å². The Bertz CT molecular complexity index is 350. The minimum Gasteiger partial charge on any atom is -0.481 e. The van der Waals surface area contributed by atoms with Gasteiger partial charge in [0.2, 0.25) is 0 Å². The van der Waals surface area contributed by atoms with E-state index in [1.807, 2.05) is 24.3 Å². The monoisotopic (exact) mass is 238 g/mol. The van der Waals surface area contributed by atoms with Crippen LogP contribution in [0.4, 0.5) is 4.39 Å². The van der Waals surface area contributed by atoms with Crippen LogP contribution < -0.4 is 0 Å². The highest BCUT2D eigenvalue weighted by Gasteiger charge is 2.03.